The van der Waals surface area contributed by atoms with E-state index in [4.69, 9.17) is 30.5 Å². The summed E-state index contributed by atoms with van der Waals surface area (Å²) in [6.07, 6.45) is 2.46. The maximum Gasteiger partial charge on any atom is 0.245 e. The van der Waals surface area contributed by atoms with Crippen molar-refractivity contribution < 1.29 is 23.7 Å². The normalized spacial score (nSPS) is 15.6. The van der Waals surface area contributed by atoms with Gasteiger partial charge >= 0.3 is 0 Å². The average molecular weight is 447 g/mol. The molecule has 3 rings (SSSR count). The number of hydrogen-bond acceptors (Lipinski definition) is 6. The largest absolute Gasteiger partial charge is 0.490 e. The third-order valence-electron chi connectivity index (χ3n) is 4.56. The minimum atomic E-state index is -0.900. The third kappa shape index (κ3) is 7.24. The van der Waals surface area contributed by atoms with E-state index in [-0.39, 0.29) is 12.3 Å². The molecule has 1 fully saturated rings. The lowest BCUT2D eigenvalue weighted by Crippen LogP contribution is -2.41. The van der Waals surface area contributed by atoms with E-state index in [2.05, 4.69) is 10.5 Å². The molecule has 1 aliphatic rings. The van der Waals surface area contributed by atoms with E-state index in [1.807, 2.05) is 49.4 Å². The predicted octanol–water partition coefficient (Wildman–Crippen LogP) is 4.31. The number of benzene rings is 2. The number of ether oxygens (including phenoxy) is 4. The molecule has 1 heterocycles. The van der Waals surface area contributed by atoms with E-state index in [0.717, 1.165) is 17.5 Å². The topological polar surface area (TPSA) is 78.4 Å². The number of carbonyl (C=O) groups is 1. The Morgan fingerprint density at radius 1 is 1.16 bits per heavy atom. The van der Waals surface area contributed by atoms with Crippen LogP contribution in [0.5, 0.6) is 11.5 Å². The van der Waals surface area contributed by atoms with Crippen LogP contribution in [0.4, 0.5) is 0 Å². The SMILES string of the molecule is CCOc1cc(C=NNC(=O)CC2(C)OCCCO2)ccc1OCc1ccc(Cl)cc1. The van der Waals surface area contributed by atoms with E-state index in [0.29, 0.717) is 42.9 Å². The van der Waals surface area contributed by atoms with Crippen LogP contribution in [0, 0.1) is 0 Å². The van der Waals surface area contributed by atoms with Crippen molar-refractivity contribution in [1.82, 2.24) is 5.43 Å². The number of nitrogens with zero attached hydrogens (tertiary/aromatic N) is 1. The Labute approximate surface area is 187 Å². The smallest absolute Gasteiger partial charge is 0.245 e. The first-order valence-corrected chi connectivity index (χ1v) is 10.6. The molecule has 7 nitrogen and oxygen atoms in total. The molecule has 0 saturated carbocycles. The molecule has 1 aliphatic heterocycles. The van der Waals surface area contributed by atoms with Crippen molar-refractivity contribution >= 4 is 23.7 Å². The summed E-state index contributed by atoms with van der Waals surface area (Å²) in [5.74, 6) is 0.0395. The van der Waals surface area contributed by atoms with Gasteiger partial charge in [0.1, 0.15) is 6.61 Å². The quantitative estimate of drug-likeness (QED) is 0.458. The van der Waals surface area contributed by atoms with Gasteiger partial charge in [0.15, 0.2) is 17.3 Å². The van der Waals surface area contributed by atoms with Crippen LogP contribution < -0.4 is 14.9 Å². The van der Waals surface area contributed by atoms with Gasteiger partial charge in [0.2, 0.25) is 5.91 Å². The van der Waals surface area contributed by atoms with E-state index < -0.39 is 5.79 Å². The lowest BCUT2D eigenvalue weighted by atomic mass is 10.2. The first kappa shape index (κ1) is 23.1. The molecule has 1 amide bonds. The standard InChI is InChI=1S/C23H27ClN2O5/c1-3-28-21-13-18(7-10-20(21)29-16-17-5-8-19(24)9-6-17)15-25-26-22(27)14-23(2)30-11-4-12-31-23/h5-10,13,15H,3-4,11-12,14,16H2,1-2H3,(H,26,27). The molecule has 1 saturated heterocycles. The molecule has 166 valence electrons. The molecule has 2 aromatic rings. The van der Waals surface area contributed by atoms with Gasteiger partial charge in [-0.05, 0) is 61.7 Å². The van der Waals surface area contributed by atoms with Gasteiger partial charge in [-0.15, -0.1) is 0 Å². The van der Waals surface area contributed by atoms with E-state index in [9.17, 15) is 4.79 Å². The van der Waals surface area contributed by atoms with E-state index in [1.54, 1.807) is 13.1 Å². The van der Waals surface area contributed by atoms with Crippen molar-refractivity contribution in [2.75, 3.05) is 19.8 Å². The lowest BCUT2D eigenvalue weighted by Gasteiger charge is -2.33. The van der Waals surface area contributed by atoms with Crippen LogP contribution in [-0.4, -0.2) is 37.7 Å². The highest BCUT2D eigenvalue weighted by Gasteiger charge is 2.31. The molecule has 8 heteroatoms. The van der Waals surface area contributed by atoms with Crippen LogP contribution in [-0.2, 0) is 20.9 Å². The molecule has 1 N–H and O–H groups in total. The van der Waals surface area contributed by atoms with Gasteiger partial charge in [0, 0.05) is 5.02 Å². The Morgan fingerprint density at radius 3 is 2.61 bits per heavy atom. The highest BCUT2D eigenvalue weighted by Crippen LogP contribution is 2.29. The second-order valence-corrected chi connectivity index (χ2v) is 7.65. The average Bonchev–Trinajstić information content (AvgIpc) is 2.75. The highest BCUT2D eigenvalue weighted by atomic mass is 35.5. The zero-order chi connectivity index (χ0) is 22.1. The Kier molecular flexibility index (Phi) is 8.28. The summed E-state index contributed by atoms with van der Waals surface area (Å²) >= 11 is 5.92. The highest BCUT2D eigenvalue weighted by molar-refractivity contribution is 6.30. The second kappa shape index (κ2) is 11.1. The van der Waals surface area contributed by atoms with Gasteiger partial charge in [0.25, 0.3) is 0 Å². The fourth-order valence-corrected chi connectivity index (χ4v) is 3.15. The number of halogens is 1. The molecule has 0 spiro atoms. The fraction of sp³-hybridized carbons (Fsp3) is 0.391. The summed E-state index contributed by atoms with van der Waals surface area (Å²) in [5, 5.41) is 4.71. The molecular weight excluding hydrogens is 420 g/mol. The summed E-state index contributed by atoms with van der Waals surface area (Å²) in [6, 6.07) is 12.9. The van der Waals surface area contributed by atoms with Crippen LogP contribution in [0.25, 0.3) is 0 Å². The molecular formula is C23H27ClN2O5. The minimum Gasteiger partial charge on any atom is -0.490 e. The second-order valence-electron chi connectivity index (χ2n) is 7.21. The van der Waals surface area contributed by atoms with Crippen molar-refractivity contribution in [2.24, 2.45) is 5.10 Å². The minimum absolute atomic E-state index is 0.0754. The van der Waals surface area contributed by atoms with Crippen molar-refractivity contribution in [2.45, 2.75) is 39.1 Å². The Balaban J connectivity index is 1.57. The number of amides is 1. The molecule has 0 atom stereocenters. The number of hydrogen-bond donors (Lipinski definition) is 1. The third-order valence-corrected chi connectivity index (χ3v) is 4.82. The van der Waals surface area contributed by atoms with Crippen molar-refractivity contribution in [1.29, 1.82) is 0 Å². The Morgan fingerprint density at radius 2 is 1.90 bits per heavy atom. The van der Waals surface area contributed by atoms with Crippen LogP contribution >= 0.6 is 11.6 Å². The number of carbonyl (C=O) groups excluding carboxylic acids is 1. The summed E-state index contributed by atoms with van der Waals surface area (Å²) < 4.78 is 22.7. The summed E-state index contributed by atoms with van der Waals surface area (Å²) in [7, 11) is 0. The Hall–Kier alpha value is -2.61. The zero-order valence-electron chi connectivity index (χ0n) is 17.7. The summed E-state index contributed by atoms with van der Waals surface area (Å²) in [5.41, 5.74) is 4.27. The van der Waals surface area contributed by atoms with Gasteiger partial charge in [-0.1, -0.05) is 23.7 Å². The number of hydrazone groups is 1. The zero-order valence-corrected chi connectivity index (χ0v) is 18.5. The van der Waals surface area contributed by atoms with E-state index in [1.165, 1.54) is 0 Å². The summed E-state index contributed by atoms with van der Waals surface area (Å²) in [4.78, 5) is 12.1. The maximum absolute atomic E-state index is 12.1. The number of rotatable bonds is 9. The summed E-state index contributed by atoms with van der Waals surface area (Å²) in [6.45, 7) is 5.71. The first-order valence-electron chi connectivity index (χ1n) is 10.2. The van der Waals surface area contributed by atoms with Crippen molar-refractivity contribution in [3.05, 3.63) is 58.6 Å². The maximum atomic E-state index is 12.1. The van der Waals surface area contributed by atoms with Gasteiger partial charge < -0.3 is 18.9 Å². The van der Waals surface area contributed by atoms with Crippen LogP contribution in [0.2, 0.25) is 5.02 Å². The van der Waals surface area contributed by atoms with Gasteiger partial charge in [0.05, 0.1) is 32.5 Å². The van der Waals surface area contributed by atoms with Gasteiger partial charge in [-0.2, -0.15) is 5.10 Å². The molecule has 0 aromatic heterocycles. The van der Waals surface area contributed by atoms with Crippen molar-refractivity contribution in [3.63, 3.8) is 0 Å². The fourth-order valence-electron chi connectivity index (χ4n) is 3.02. The van der Waals surface area contributed by atoms with Gasteiger partial charge in [-0.25, -0.2) is 5.43 Å². The Bertz CT molecular complexity index is 895. The van der Waals surface area contributed by atoms with Crippen LogP contribution in [0.3, 0.4) is 0 Å². The molecule has 0 aliphatic carbocycles. The van der Waals surface area contributed by atoms with Crippen molar-refractivity contribution in [3.8, 4) is 11.5 Å². The first-order chi connectivity index (χ1) is 15.0. The van der Waals surface area contributed by atoms with Gasteiger partial charge in [-0.3, -0.25) is 4.79 Å². The molecule has 0 unspecified atom stereocenters. The predicted molar refractivity (Wildman–Crippen MR) is 119 cm³/mol. The monoisotopic (exact) mass is 446 g/mol. The lowest BCUT2D eigenvalue weighted by molar-refractivity contribution is -0.256. The molecule has 0 bridgehead atoms. The van der Waals surface area contributed by atoms with Crippen LogP contribution in [0.15, 0.2) is 47.6 Å². The number of nitrogens with one attached hydrogen (secondary N) is 1. The molecule has 2 aromatic carbocycles. The molecule has 0 radical (unpaired) electrons. The molecule has 31 heavy (non-hydrogen) atoms. The van der Waals surface area contributed by atoms with Crippen LogP contribution in [0.1, 0.15) is 37.8 Å². The van der Waals surface area contributed by atoms with E-state index >= 15 is 0 Å².